The number of ether oxygens (including phenoxy) is 4. The van der Waals surface area contributed by atoms with Gasteiger partial charge in [-0.15, -0.1) is 0 Å². The summed E-state index contributed by atoms with van der Waals surface area (Å²) in [6, 6.07) is 26.3. The first-order valence-electron chi connectivity index (χ1n) is 17.8. The molecule has 292 valence electrons. The van der Waals surface area contributed by atoms with E-state index in [1.54, 1.807) is 24.3 Å². The zero-order chi connectivity index (χ0) is 40.7. The molecule has 2 N–H and O–H groups in total. The summed E-state index contributed by atoms with van der Waals surface area (Å²) in [5, 5.41) is 20.7. The number of benzene rings is 4. The summed E-state index contributed by atoms with van der Waals surface area (Å²) in [7, 11) is 0. The predicted octanol–water partition coefficient (Wildman–Crippen LogP) is 4.06. The zero-order valence-corrected chi connectivity index (χ0v) is 30.9. The summed E-state index contributed by atoms with van der Waals surface area (Å²) in [5.41, 5.74) is 2.58. The quantitative estimate of drug-likeness (QED) is 0.123. The Morgan fingerprint density at radius 3 is 1.14 bits per heavy atom. The Kier molecular flexibility index (Phi) is 12.1. The number of nitrogens with zero attached hydrogens (tertiary/aromatic N) is 2. The Hall–Kier alpha value is -6.90. The average molecular weight is 775 g/mol. The van der Waals surface area contributed by atoms with Gasteiger partial charge in [-0.25, -0.2) is 19.4 Å². The van der Waals surface area contributed by atoms with E-state index in [0.29, 0.717) is 22.9 Å². The van der Waals surface area contributed by atoms with Crippen molar-refractivity contribution in [3.05, 3.63) is 144 Å². The minimum Gasteiger partial charge on any atom is -0.491 e. The summed E-state index contributed by atoms with van der Waals surface area (Å²) in [4.78, 5) is 74.3. The van der Waals surface area contributed by atoms with Gasteiger partial charge in [-0.1, -0.05) is 38.1 Å². The number of esters is 2. The lowest BCUT2D eigenvalue weighted by Gasteiger charge is -2.26. The van der Waals surface area contributed by atoms with Gasteiger partial charge in [0, 0.05) is 29.7 Å². The van der Waals surface area contributed by atoms with Gasteiger partial charge in [0.25, 0.3) is 23.6 Å². The number of anilines is 2. The molecule has 2 heterocycles. The lowest BCUT2D eigenvalue weighted by molar-refractivity contribution is -0.121. The topological polar surface area (TPSA) is 186 Å². The van der Waals surface area contributed by atoms with Gasteiger partial charge < -0.3 is 29.2 Å². The standard InChI is InChI=1S/C43H38N2O12/c1-43(2,29-7-15-35(16-8-29)54-23-33(46)25-56-41(52)27-3-11-31(12-4-27)44-37(48)19-20-38(44)49)30-9-17-36(18-10-30)55-24-34(47)26-57-42(53)28-5-13-32(14-6-28)45-39(50)21-22-40(45)51/h3-22,33-34,46-47H,23-26H2,1-2H3. The second-order valence-corrected chi connectivity index (χ2v) is 13.6. The number of amides is 4. The second kappa shape index (κ2) is 17.3. The molecule has 2 aliphatic rings. The van der Waals surface area contributed by atoms with Gasteiger partial charge in [-0.05, 0) is 83.9 Å². The molecule has 0 saturated heterocycles. The van der Waals surface area contributed by atoms with E-state index in [1.807, 2.05) is 24.3 Å². The van der Waals surface area contributed by atoms with Crippen LogP contribution in [0.2, 0.25) is 0 Å². The number of hydrogen-bond acceptors (Lipinski definition) is 12. The fourth-order valence-electron chi connectivity index (χ4n) is 5.90. The molecular formula is C43H38N2O12. The molecule has 4 amide bonds. The molecule has 0 radical (unpaired) electrons. The van der Waals surface area contributed by atoms with Crippen LogP contribution in [0.3, 0.4) is 0 Å². The molecule has 0 fully saturated rings. The van der Waals surface area contributed by atoms with Crippen LogP contribution in [0.25, 0.3) is 0 Å². The summed E-state index contributed by atoms with van der Waals surface area (Å²) >= 11 is 0. The van der Waals surface area contributed by atoms with Crippen LogP contribution in [0.4, 0.5) is 11.4 Å². The Morgan fingerprint density at radius 2 is 0.825 bits per heavy atom. The van der Waals surface area contributed by atoms with Crippen molar-refractivity contribution >= 4 is 46.9 Å². The number of aliphatic hydroxyl groups is 2. The molecule has 0 saturated carbocycles. The number of carbonyl (C=O) groups excluding carboxylic acids is 6. The largest absolute Gasteiger partial charge is 0.491 e. The third-order valence-electron chi connectivity index (χ3n) is 9.19. The van der Waals surface area contributed by atoms with Crippen LogP contribution >= 0.6 is 0 Å². The summed E-state index contributed by atoms with van der Waals surface area (Å²) < 4.78 is 21.8. The first kappa shape index (κ1) is 39.8. The summed E-state index contributed by atoms with van der Waals surface area (Å²) in [6.45, 7) is 3.24. The highest BCUT2D eigenvalue weighted by Crippen LogP contribution is 2.33. The van der Waals surface area contributed by atoms with Gasteiger partial charge in [-0.3, -0.25) is 19.2 Å². The molecule has 0 bridgehead atoms. The van der Waals surface area contributed by atoms with Crippen molar-refractivity contribution in [3.63, 3.8) is 0 Å². The highest BCUT2D eigenvalue weighted by molar-refractivity contribution is 6.28. The third-order valence-corrected chi connectivity index (χ3v) is 9.19. The highest BCUT2D eigenvalue weighted by atomic mass is 16.6. The molecular weight excluding hydrogens is 736 g/mol. The van der Waals surface area contributed by atoms with E-state index in [0.717, 1.165) is 20.9 Å². The van der Waals surface area contributed by atoms with Crippen molar-refractivity contribution in [2.24, 2.45) is 0 Å². The van der Waals surface area contributed by atoms with E-state index < -0.39 is 53.2 Å². The molecule has 0 spiro atoms. The molecule has 0 aromatic heterocycles. The van der Waals surface area contributed by atoms with Crippen molar-refractivity contribution in [1.82, 2.24) is 0 Å². The van der Waals surface area contributed by atoms with E-state index in [9.17, 15) is 39.0 Å². The summed E-state index contributed by atoms with van der Waals surface area (Å²) in [6.07, 6.45) is 2.48. The fraction of sp³-hybridized carbons (Fsp3) is 0.209. The smallest absolute Gasteiger partial charge is 0.338 e. The Balaban J connectivity index is 0.907. The van der Waals surface area contributed by atoms with Gasteiger partial charge in [0.15, 0.2) is 0 Å². The van der Waals surface area contributed by atoms with Crippen molar-refractivity contribution in [2.75, 3.05) is 36.2 Å². The van der Waals surface area contributed by atoms with Gasteiger partial charge >= 0.3 is 11.9 Å². The lowest BCUT2D eigenvalue weighted by Crippen LogP contribution is -2.29. The van der Waals surface area contributed by atoms with E-state index in [4.69, 9.17) is 18.9 Å². The molecule has 2 aliphatic heterocycles. The number of rotatable bonds is 16. The van der Waals surface area contributed by atoms with E-state index in [-0.39, 0.29) is 37.6 Å². The van der Waals surface area contributed by atoms with Crippen LogP contribution < -0.4 is 19.3 Å². The monoisotopic (exact) mass is 774 g/mol. The Morgan fingerprint density at radius 1 is 0.509 bits per heavy atom. The molecule has 4 aromatic rings. The first-order valence-corrected chi connectivity index (χ1v) is 17.8. The van der Waals surface area contributed by atoms with Gasteiger partial charge in [0.2, 0.25) is 0 Å². The minimum absolute atomic E-state index is 0.126. The molecule has 2 atom stereocenters. The van der Waals surface area contributed by atoms with Crippen molar-refractivity contribution in [1.29, 1.82) is 0 Å². The maximum Gasteiger partial charge on any atom is 0.338 e. The Bertz CT molecular complexity index is 2020. The van der Waals surface area contributed by atoms with Crippen molar-refractivity contribution in [2.45, 2.75) is 31.5 Å². The normalized spacial score (nSPS) is 14.9. The van der Waals surface area contributed by atoms with Crippen LogP contribution in [-0.2, 0) is 34.1 Å². The van der Waals surface area contributed by atoms with Crippen LogP contribution in [0.5, 0.6) is 11.5 Å². The average Bonchev–Trinajstić information content (AvgIpc) is 3.75. The van der Waals surface area contributed by atoms with Gasteiger partial charge in [0.1, 0.15) is 50.1 Å². The first-order chi connectivity index (χ1) is 27.3. The maximum atomic E-state index is 12.5. The van der Waals surface area contributed by atoms with Gasteiger partial charge in [-0.2, -0.15) is 0 Å². The highest BCUT2D eigenvalue weighted by Gasteiger charge is 2.27. The number of aliphatic hydroxyl groups excluding tert-OH is 2. The predicted molar refractivity (Wildman–Crippen MR) is 205 cm³/mol. The maximum absolute atomic E-state index is 12.5. The molecule has 14 nitrogen and oxygen atoms in total. The molecule has 57 heavy (non-hydrogen) atoms. The molecule has 0 aliphatic carbocycles. The molecule has 4 aromatic carbocycles. The molecule has 14 heteroatoms. The number of imide groups is 2. The molecule has 2 unspecified atom stereocenters. The lowest BCUT2D eigenvalue weighted by atomic mass is 9.78. The van der Waals surface area contributed by atoms with E-state index >= 15 is 0 Å². The van der Waals surface area contributed by atoms with E-state index in [1.165, 1.54) is 72.8 Å². The minimum atomic E-state index is -1.10. The van der Waals surface area contributed by atoms with Crippen molar-refractivity contribution < 1.29 is 57.9 Å². The SMILES string of the molecule is CC(C)(c1ccc(OCC(O)COC(=O)c2ccc(N3C(=O)C=CC3=O)cc2)cc1)c1ccc(OCC(O)COC(=O)c2ccc(N3C(=O)C=CC3=O)cc2)cc1. The van der Waals surface area contributed by atoms with E-state index in [2.05, 4.69) is 13.8 Å². The number of carbonyl (C=O) groups is 6. The summed E-state index contributed by atoms with van der Waals surface area (Å²) in [5.74, 6) is -2.22. The van der Waals surface area contributed by atoms with Crippen LogP contribution in [0.1, 0.15) is 45.7 Å². The Labute approximate surface area is 327 Å². The van der Waals surface area contributed by atoms with Crippen molar-refractivity contribution in [3.8, 4) is 11.5 Å². The van der Waals surface area contributed by atoms with Crippen LogP contribution in [-0.4, -0.2) is 84.4 Å². The fourth-order valence-corrected chi connectivity index (χ4v) is 5.90. The molecule has 6 rings (SSSR count). The second-order valence-electron chi connectivity index (χ2n) is 13.6. The zero-order valence-electron chi connectivity index (χ0n) is 30.9. The van der Waals surface area contributed by atoms with Crippen LogP contribution in [0, 0.1) is 0 Å². The third kappa shape index (κ3) is 9.50. The van der Waals surface area contributed by atoms with Crippen LogP contribution in [0.15, 0.2) is 121 Å². The van der Waals surface area contributed by atoms with Gasteiger partial charge in [0.05, 0.1) is 22.5 Å². The number of hydrogen-bond donors (Lipinski definition) is 2.